The minimum absolute atomic E-state index is 0.000284. The lowest BCUT2D eigenvalue weighted by molar-refractivity contribution is -0.136. The zero-order valence-corrected chi connectivity index (χ0v) is 24.1. The average Bonchev–Trinajstić information content (AvgIpc) is 2.97. The standard InChI is InChI=1S/C30H35ClFN5O4/c1-35-14-16-37(17-15-35)28(39)13-11-24(36(2)27(38)12-10-21-8-5-9-25(32)29(21)31)20-41-30(40)34-26-18-22-6-3-4-7-23(22)19-33-26/h3-9,18-19,24H,10-17,20H2,1-2H3,(H,33,34,40)/t24-/m0/s1. The summed E-state index contributed by atoms with van der Waals surface area (Å²) < 4.78 is 19.3. The van der Waals surface area contributed by atoms with Gasteiger partial charge in [0.1, 0.15) is 18.2 Å². The number of ether oxygens (including phenoxy) is 1. The highest BCUT2D eigenvalue weighted by Gasteiger charge is 2.25. The third-order valence-corrected chi connectivity index (χ3v) is 7.82. The van der Waals surface area contributed by atoms with Crippen molar-refractivity contribution in [3.05, 3.63) is 71.1 Å². The molecule has 1 aliphatic rings. The summed E-state index contributed by atoms with van der Waals surface area (Å²) in [7, 11) is 3.64. The Labute approximate surface area is 244 Å². The molecule has 41 heavy (non-hydrogen) atoms. The number of pyridine rings is 1. The second-order valence-corrected chi connectivity index (χ2v) is 10.6. The predicted octanol–water partition coefficient (Wildman–Crippen LogP) is 4.59. The van der Waals surface area contributed by atoms with Crippen LogP contribution >= 0.6 is 11.6 Å². The minimum Gasteiger partial charge on any atom is -0.447 e. The van der Waals surface area contributed by atoms with E-state index in [1.807, 2.05) is 36.2 Å². The second-order valence-electron chi connectivity index (χ2n) is 10.2. The number of hydrogen-bond donors (Lipinski definition) is 1. The van der Waals surface area contributed by atoms with Gasteiger partial charge in [0.05, 0.1) is 11.1 Å². The van der Waals surface area contributed by atoms with E-state index in [4.69, 9.17) is 16.3 Å². The van der Waals surface area contributed by atoms with Gasteiger partial charge in [0, 0.05) is 57.7 Å². The van der Waals surface area contributed by atoms with Crippen LogP contribution in [0.25, 0.3) is 10.8 Å². The minimum atomic E-state index is -0.712. The summed E-state index contributed by atoms with van der Waals surface area (Å²) in [5, 5.41) is 4.49. The first kappa shape index (κ1) is 30.2. The van der Waals surface area contributed by atoms with Crippen LogP contribution in [0.1, 0.15) is 24.8 Å². The molecule has 0 spiro atoms. The molecule has 0 saturated carbocycles. The molecule has 0 bridgehead atoms. The van der Waals surface area contributed by atoms with E-state index in [2.05, 4.69) is 15.2 Å². The van der Waals surface area contributed by atoms with Crippen LogP contribution in [-0.2, 0) is 20.7 Å². The molecule has 11 heteroatoms. The number of halogens is 2. The Morgan fingerprint density at radius 2 is 1.80 bits per heavy atom. The van der Waals surface area contributed by atoms with Crippen molar-refractivity contribution in [2.24, 2.45) is 0 Å². The number of hydrogen-bond acceptors (Lipinski definition) is 6. The van der Waals surface area contributed by atoms with Crippen LogP contribution in [0.15, 0.2) is 54.7 Å². The summed E-state index contributed by atoms with van der Waals surface area (Å²) in [4.78, 5) is 48.4. The zero-order chi connectivity index (χ0) is 29.4. The Hall–Kier alpha value is -3.76. The molecule has 218 valence electrons. The molecule has 0 aliphatic carbocycles. The van der Waals surface area contributed by atoms with Gasteiger partial charge in [-0.25, -0.2) is 14.2 Å². The number of aromatic nitrogens is 1. The van der Waals surface area contributed by atoms with Gasteiger partial charge in [-0.05, 0) is 43.0 Å². The van der Waals surface area contributed by atoms with Crippen molar-refractivity contribution in [2.75, 3.05) is 52.2 Å². The van der Waals surface area contributed by atoms with Crippen LogP contribution in [0.3, 0.4) is 0 Å². The number of nitrogens with zero attached hydrogens (tertiary/aromatic N) is 4. The van der Waals surface area contributed by atoms with Gasteiger partial charge in [0.25, 0.3) is 0 Å². The Morgan fingerprint density at radius 1 is 1.07 bits per heavy atom. The number of likely N-dealkylation sites (N-methyl/N-ethyl adjacent to an activating group) is 2. The molecule has 2 heterocycles. The average molecular weight is 584 g/mol. The summed E-state index contributed by atoms with van der Waals surface area (Å²) in [6, 6.07) is 13.3. The molecule has 1 aromatic heterocycles. The van der Waals surface area contributed by atoms with Crippen LogP contribution in [0, 0.1) is 5.82 Å². The van der Waals surface area contributed by atoms with Crippen molar-refractivity contribution in [3.63, 3.8) is 0 Å². The molecule has 0 unspecified atom stereocenters. The number of rotatable bonds is 10. The van der Waals surface area contributed by atoms with Crippen molar-refractivity contribution in [1.82, 2.24) is 19.7 Å². The van der Waals surface area contributed by atoms with Crippen molar-refractivity contribution in [1.29, 1.82) is 0 Å². The van der Waals surface area contributed by atoms with E-state index in [0.29, 0.717) is 30.9 Å². The number of piperazine rings is 1. The van der Waals surface area contributed by atoms with Crippen LogP contribution in [0.2, 0.25) is 5.02 Å². The number of anilines is 1. The first-order valence-corrected chi connectivity index (χ1v) is 14.0. The van der Waals surface area contributed by atoms with Gasteiger partial charge in [-0.3, -0.25) is 14.9 Å². The summed E-state index contributed by atoms with van der Waals surface area (Å²) in [6.07, 6.45) is 1.80. The molecule has 1 N–H and O–H groups in total. The number of amides is 3. The molecule has 3 amide bonds. The molecule has 3 aromatic rings. The predicted molar refractivity (Wildman–Crippen MR) is 156 cm³/mol. The molecule has 1 saturated heterocycles. The van der Waals surface area contributed by atoms with Crippen LogP contribution in [-0.4, -0.2) is 90.5 Å². The maximum atomic E-state index is 13.8. The fraction of sp³-hybridized carbons (Fsp3) is 0.400. The number of carbonyl (C=O) groups excluding carboxylic acids is 3. The summed E-state index contributed by atoms with van der Waals surface area (Å²) in [6.45, 7) is 2.81. The van der Waals surface area contributed by atoms with E-state index in [0.717, 1.165) is 23.9 Å². The van der Waals surface area contributed by atoms with E-state index in [1.54, 1.807) is 31.4 Å². The van der Waals surface area contributed by atoms with E-state index in [1.165, 1.54) is 11.0 Å². The van der Waals surface area contributed by atoms with Crippen molar-refractivity contribution >= 4 is 46.1 Å². The molecule has 2 aromatic carbocycles. The monoisotopic (exact) mass is 583 g/mol. The number of fused-ring (bicyclic) bond motifs is 1. The first-order valence-electron chi connectivity index (χ1n) is 13.6. The summed E-state index contributed by atoms with van der Waals surface area (Å²) in [5.41, 5.74) is 0.536. The number of benzene rings is 2. The van der Waals surface area contributed by atoms with E-state index in [-0.39, 0.29) is 42.7 Å². The molecule has 9 nitrogen and oxygen atoms in total. The van der Waals surface area contributed by atoms with E-state index in [9.17, 15) is 18.8 Å². The second kappa shape index (κ2) is 14.2. The normalized spacial score (nSPS) is 14.5. The van der Waals surface area contributed by atoms with Gasteiger partial charge in [-0.1, -0.05) is 48.0 Å². The van der Waals surface area contributed by atoms with Crippen molar-refractivity contribution in [2.45, 2.75) is 31.7 Å². The number of aryl methyl sites for hydroxylation is 1. The molecular weight excluding hydrogens is 549 g/mol. The lowest BCUT2D eigenvalue weighted by atomic mass is 10.1. The fourth-order valence-corrected chi connectivity index (χ4v) is 4.94. The SMILES string of the molecule is CN1CCN(C(=O)CC[C@@H](COC(=O)Nc2cc3ccccc3cn2)N(C)C(=O)CCc2cccc(F)c2Cl)CC1. The van der Waals surface area contributed by atoms with E-state index >= 15 is 0 Å². The van der Waals surface area contributed by atoms with Crippen LogP contribution in [0.4, 0.5) is 15.0 Å². The third kappa shape index (κ3) is 8.37. The van der Waals surface area contributed by atoms with Crippen molar-refractivity contribution in [3.8, 4) is 0 Å². The van der Waals surface area contributed by atoms with Gasteiger partial charge in [-0.2, -0.15) is 0 Å². The quantitative estimate of drug-likeness (QED) is 0.375. The fourth-order valence-electron chi connectivity index (χ4n) is 4.72. The largest absolute Gasteiger partial charge is 0.447 e. The molecule has 1 fully saturated rings. The Kier molecular flexibility index (Phi) is 10.5. The zero-order valence-electron chi connectivity index (χ0n) is 23.3. The Morgan fingerprint density at radius 3 is 2.56 bits per heavy atom. The molecule has 0 radical (unpaired) electrons. The maximum Gasteiger partial charge on any atom is 0.412 e. The van der Waals surface area contributed by atoms with Gasteiger partial charge < -0.3 is 19.4 Å². The molecule has 1 atom stereocenters. The smallest absolute Gasteiger partial charge is 0.412 e. The van der Waals surface area contributed by atoms with Crippen LogP contribution in [0.5, 0.6) is 0 Å². The third-order valence-electron chi connectivity index (χ3n) is 7.40. The summed E-state index contributed by atoms with van der Waals surface area (Å²) in [5.74, 6) is -0.430. The molecule has 4 rings (SSSR count). The highest BCUT2D eigenvalue weighted by Crippen LogP contribution is 2.22. The highest BCUT2D eigenvalue weighted by atomic mass is 35.5. The maximum absolute atomic E-state index is 13.8. The van der Waals surface area contributed by atoms with Crippen LogP contribution < -0.4 is 5.32 Å². The topological polar surface area (TPSA) is 95.1 Å². The highest BCUT2D eigenvalue weighted by molar-refractivity contribution is 6.31. The number of carbonyl (C=O) groups is 3. The number of nitrogens with one attached hydrogen (secondary N) is 1. The Bertz CT molecular complexity index is 1380. The molecular formula is C30H35ClFN5O4. The first-order chi connectivity index (χ1) is 19.7. The van der Waals surface area contributed by atoms with Gasteiger partial charge in [0.2, 0.25) is 11.8 Å². The van der Waals surface area contributed by atoms with Gasteiger partial charge >= 0.3 is 6.09 Å². The van der Waals surface area contributed by atoms with Gasteiger partial charge in [0.15, 0.2) is 0 Å². The van der Waals surface area contributed by atoms with E-state index < -0.39 is 18.0 Å². The Balaban J connectivity index is 1.37. The summed E-state index contributed by atoms with van der Waals surface area (Å²) >= 11 is 6.05. The molecule has 1 aliphatic heterocycles. The van der Waals surface area contributed by atoms with Crippen molar-refractivity contribution < 1.29 is 23.5 Å². The lowest BCUT2D eigenvalue weighted by Crippen LogP contribution is -2.48. The van der Waals surface area contributed by atoms with Gasteiger partial charge in [-0.15, -0.1) is 0 Å². The lowest BCUT2D eigenvalue weighted by Gasteiger charge is -2.33.